The Kier molecular flexibility index (Phi) is 21.1. The zero-order valence-electron chi connectivity index (χ0n) is 75.8. The molecule has 3 aliphatic carbocycles. The Morgan fingerprint density at radius 3 is 0.657 bits per heavy atom. The lowest BCUT2D eigenvalue weighted by Gasteiger charge is -2.34. The van der Waals surface area contributed by atoms with Gasteiger partial charge in [0.05, 0.1) is 5.41 Å². The van der Waals surface area contributed by atoms with Crippen molar-refractivity contribution in [3.05, 3.63) is 542 Å². The van der Waals surface area contributed by atoms with Gasteiger partial charge in [-0.1, -0.05) is 491 Å². The van der Waals surface area contributed by atoms with E-state index < -0.39 is 5.41 Å². The molecule has 24 aromatic rings. The normalized spacial score (nSPS) is 13.0. The summed E-state index contributed by atoms with van der Waals surface area (Å²) >= 11 is 0. The summed E-state index contributed by atoms with van der Waals surface area (Å²) in [7, 11) is 0. The number of hydrogen-bond acceptors (Lipinski definition) is 0. The van der Waals surface area contributed by atoms with Crippen LogP contribution in [0.5, 0.6) is 0 Å². The van der Waals surface area contributed by atoms with Gasteiger partial charge >= 0.3 is 0 Å². The highest BCUT2D eigenvalue weighted by Gasteiger charge is 2.47. The van der Waals surface area contributed by atoms with Gasteiger partial charge in [0.1, 0.15) is 0 Å². The van der Waals surface area contributed by atoms with Crippen molar-refractivity contribution >= 4 is 86.2 Å². The van der Waals surface area contributed by atoms with Crippen LogP contribution in [0.25, 0.3) is 209 Å². The Morgan fingerprint density at radius 1 is 0.124 bits per heavy atom. The van der Waals surface area contributed by atoms with Gasteiger partial charge in [0.2, 0.25) is 0 Å². The maximum absolute atomic E-state index is 2.47. The second-order valence-electron chi connectivity index (χ2n) is 37.9. The first kappa shape index (κ1) is 84.6. The summed E-state index contributed by atoms with van der Waals surface area (Å²) in [5.74, 6) is 0. The highest BCUT2D eigenvalue weighted by Crippen LogP contribution is 2.60. The molecule has 650 valence electrons. The van der Waals surface area contributed by atoms with Crippen LogP contribution < -0.4 is 0 Å². The molecule has 0 fully saturated rings. The van der Waals surface area contributed by atoms with Crippen LogP contribution in [0, 0.1) is 0 Å². The molecular formula is C137H102. The summed E-state index contributed by atoms with van der Waals surface area (Å²) in [6.45, 7) is 9.53. The third kappa shape index (κ3) is 14.1. The number of rotatable bonds is 10. The van der Waals surface area contributed by atoms with Crippen LogP contribution in [0.4, 0.5) is 0 Å². The average Bonchev–Trinajstić information content (AvgIpc) is 1.54. The van der Waals surface area contributed by atoms with Gasteiger partial charge in [-0.15, -0.1) is 0 Å². The van der Waals surface area contributed by atoms with Gasteiger partial charge in [0.25, 0.3) is 0 Å². The molecule has 0 amide bonds. The fraction of sp³-hybridized carbons (Fsp3) is 0.0657. The quantitative estimate of drug-likeness (QED) is 0.120. The summed E-state index contributed by atoms with van der Waals surface area (Å²) in [5, 5.41) is 20.6. The molecule has 24 aromatic carbocycles. The van der Waals surface area contributed by atoms with Crippen molar-refractivity contribution in [1.82, 2.24) is 0 Å². The standard InChI is InChI=1S/C47H34.C45H30.C43H30.2CH4/c1-47(2)45-29-37(31-17-21-35(22-18-31)41-15-7-11-33-9-3-5-13-39(33)41)25-27-43(45)44-28-26-38(30-46(44)47)32-19-23-36(24-20-32)42-16-8-12-34-10-4-6-14-40(34)42;1-3-17-35(18-4-1)45(36-19-5-2-6-20-36)43-29-33(39-23-11-15-31-13-7-9-21-37(31)39)25-27-41(43)42-28-26-34(30-44(42)45)40-24-12-16-32-14-8-10-22-38(32)40;1-43(2)41-25-29(39-23-27-11-3-5-13-31(27)33-15-7-9-17-35(33)39)19-21-37(41)38-22-20-30(26-42(38)43)40-24-28-12-4-6-14-32(28)34-16-8-10-18-36(34)40;;/h3-30H,1-2H3;1-30H;3-26H,1-2H3;2*1H4. The first-order valence-corrected chi connectivity index (χ1v) is 47.4. The Morgan fingerprint density at radius 2 is 0.336 bits per heavy atom. The van der Waals surface area contributed by atoms with Crippen LogP contribution in [-0.2, 0) is 16.2 Å². The Labute approximate surface area is 803 Å². The highest BCUT2D eigenvalue weighted by molar-refractivity contribution is 6.16. The second kappa shape index (κ2) is 34.1. The van der Waals surface area contributed by atoms with Crippen LogP contribution in [-0.4, -0.2) is 0 Å². The molecule has 0 nitrogen and oxygen atoms in total. The first-order chi connectivity index (χ1) is 66.4. The smallest absolute Gasteiger partial charge is 0.0713 e. The molecule has 0 unspecified atom stereocenters. The van der Waals surface area contributed by atoms with E-state index in [-0.39, 0.29) is 25.7 Å². The van der Waals surface area contributed by atoms with Gasteiger partial charge in [-0.25, -0.2) is 0 Å². The van der Waals surface area contributed by atoms with Gasteiger partial charge in [-0.2, -0.15) is 0 Å². The van der Waals surface area contributed by atoms with Crippen LogP contribution >= 0.6 is 0 Å². The molecule has 0 spiro atoms. The molecule has 0 bridgehead atoms. The largest absolute Gasteiger partial charge is 0.0776 e. The molecule has 0 heteroatoms. The Hall–Kier alpha value is -16.6. The van der Waals surface area contributed by atoms with E-state index in [1.807, 2.05) is 0 Å². The van der Waals surface area contributed by atoms with Gasteiger partial charge in [0.15, 0.2) is 0 Å². The number of fused-ring (bicyclic) bond motifs is 19. The predicted octanol–water partition coefficient (Wildman–Crippen LogP) is 37.9. The van der Waals surface area contributed by atoms with Crippen molar-refractivity contribution in [3.63, 3.8) is 0 Å². The zero-order chi connectivity index (χ0) is 90.0. The molecule has 27 rings (SSSR count). The van der Waals surface area contributed by atoms with E-state index in [9.17, 15) is 0 Å². The molecule has 0 aliphatic heterocycles. The van der Waals surface area contributed by atoms with E-state index in [0.717, 1.165) is 0 Å². The van der Waals surface area contributed by atoms with Crippen LogP contribution in [0.15, 0.2) is 497 Å². The fourth-order valence-electron chi connectivity index (χ4n) is 23.2. The van der Waals surface area contributed by atoms with Gasteiger partial charge < -0.3 is 0 Å². The lowest BCUT2D eigenvalue weighted by molar-refractivity contribution is 0.660. The zero-order valence-corrected chi connectivity index (χ0v) is 75.8. The molecule has 0 saturated carbocycles. The van der Waals surface area contributed by atoms with E-state index in [1.165, 1.54) is 253 Å². The molecule has 0 saturated heterocycles. The summed E-state index contributed by atoms with van der Waals surface area (Å²) in [4.78, 5) is 0. The van der Waals surface area contributed by atoms with E-state index in [4.69, 9.17) is 0 Å². The summed E-state index contributed by atoms with van der Waals surface area (Å²) in [6, 6.07) is 184. The highest BCUT2D eigenvalue weighted by atomic mass is 14.5. The minimum Gasteiger partial charge on any atom is -0.0776 e. The number of hydrogen-bond donors (Lipinski definition) is 0. The molecule has 137 heavy (non-hydrogen) atoms. The van der Waals surface area contributed by atoms with Crippen LogP contribution in [0.2, 0.25) is 0 Å². The van der Waals surface area contributed by atoms with Crippen molar-refractivity contribution in [2.24, 2.45) is 0 Å². The van der Waals surface area contributed by atoms with E-state index in [2.05, 4.69) is 525 Å². The third-order valence-electron chi connectivity index (χ3n) is 29.9. The first-order valence-electron chi connectivity index (χ1n) is 47.4. The summed E-state index contributed by atoms with van der Waals surface area (Å²) < 4.78 is 0. The fourth-order valence-corrected chi connectivity index (χ4v) is 23.2. The van der Waals surface area contributed by atoms with Crippen molar-refractivity contribution in [3.8, 4) is 122 Å². The molecule has 0 radical (unpaired) electrons. The topological polar surface area (TPSA) is 0 Å². The third-order valence-corrected chi connectivity index (χ3v) is 29.9. The average molecular weight is 1750 g/mol. The number of benzene rings is 24. The summed E-state index contributed by atoms with van der Waals surface area (Å²) in [5.41, 5.74) is 38.3. The van der Waals surface area contributed by atoms with Gasteiger partial charge in [0, 0.05) is 10.8 Å². The molecule has 3 aliphatic rings. The van der Waals surface area contributed by atoms with Crippen LogP contribution in [0.3, 0.4) is 0 Å². The molecule has 0 atom stereocenters. The van der Waals surface area contributed by atoms with E-state index in [1.54, 1.807) is 0 Å². The van der Waals surface area contributed by atoms with Crippen molar-refractivity contribution < 1.29 is 0 Å². The second-order valence-corrected chi connectivity index (χ2v) is 37.9. The van der Waals surface area contributed by atoms with Gasteiger partial charge in [-0.3, -0.25) is 0 Å². The summed E-state index contributed by atoms with van der Waals surface area (Å²) in [6.07, 6.45) is 0. The maximum Gasteiger partial charge on any atom is 0.0713 e. The van der Waals surface area contributed by atoms with Gasteiger partial charge in [-0.05, 0) is 302 Å². The van der Waals surface area contributed by atoms with Crippen molar-refractivity contribution in [1.29, 1.82) is 0 Å². The van der Waals surface area contributed by atoms with Crippen molar-refractivity contribution in [2.75, 3.05) is 0 Å². The minimum absolute atomic E-state index is 0. The monoisotopic (exact) mass is 1750 g/mol. The SMILES string of the molecule is C.C.CC1(C)c2cc(-c3cc4ccccc4c4ccccc34)ccc2-c2ccc(-c3cc4ccccc4c4ccccc34)cc21.CC1(C)c2cc(-c3ccc(-c4cccc5ccccc45)cc3)ccc2-c2ccc(-c3ccc(-c4cccc5ccccc45)cc3)cc21.c1ccc(C2(c3ccccc3)c3cc(-c4cccc5ccccc45)ccc3-c3ccc(-c4cccc5ccccc45)cc32)cc1. The Bertz CT molecular complexity index is 8350. The van der Waals surface area contributed by atoms with Crippen LogP contribution in [0.1, 0.15) is 87.1 Å². The van der Waals surface area contributed by atoms with E-state index >= 15 is 0 Å². The molecular weight excluding hydrogens is 1650 g/mol. The lowest BCUT2D eigenvalue weighted by atomic mass is 9.67. The maximum atomic E-state index is 2.47. The predicted molar refractivity (Wildman–Crippen MR) is 589 cm³/mol. The lowest BCUT2D eigenvalue weighted by Crippen LogP contribution is -2.28. The molecule has 0 heterocycles. The Balaban J connectivity index is 0.000000115. The molecule has 0 aromatic heterocycles. The minimum atomic E-state index is -0.478. The molecule has 0 N–H and O–H groups in total. The van der Waals surface area contributed by atoms with E-state index in [0.29, 0.717) is 0 Å². The van der Waals surface area contributed by atoms with Crippen molar-refractivity contribution in [2.45, 2.75) is 58.8 Å².